The van der Waals surface area contributed by atoms with Gasteiger partial charge in [0.15, 0.2) is 0 Å². The van der Waals surface area contributed by atoms with E-state index in [-0.39, 0.29) is 24.5 Å². The number of carbonyl (C=O) groups is 1. The first-order valence-corrected chi connectivity index (χ1v) is 11.4. The van der Waals surface area contributed by atoms with Crippen LogP contribution in [0.1, 0.15) is 39.3 Å². The summed E-state index contributed by atoms with van der Waals surface area (Å²) in [7, 11) is 0. The third-order valence-corrected chi connectivity index (χ3v) is 6.57. The van der Waals surface area contributed by atoms with E-state index >= 15 is 0 Å². The highest BCUT2D eigenvalue weighted by molar-refractivity contribution is 5.96. The van der Waals surface area contributed by atoms with Gasteiger partial charge in [0.2, 0.25) is 0 Å². The molecule has 3 aromatic rings. The zero-order chi connectivity index (χ0) is 23.4. The second kappa shape index (κ2) is 10.0. The predicted molar refractivity (Wildman–Crippen MR) is 128 cm³/mol. The van der Waals surface area contributed by atoms with E-state index in [0.717, 1.165) is 36.6 Å². The lowest BCUT2D eigenvalue weighted by Crippen LogP contribution is -2.53. The van der Waals surface area contributed by atoms with Crippen LogP contribution in [-0.2, 0) is 6.54 Å². The van der Waals surface area contributed by atoms with Crippen molar-refractivity contribution in [1.29, 1.82) is 5.26 Å². The van der Waals surface area contributed by atoms with Gasteiger partial charge in [-0.25, -0.2) is 0 Å². The molecule has 2 N–H and O–H groups in total. The van der Waals surface area contributed by atoms with Crippen molar-refractivity contribution in [2.24, 2.45) is 5.92 Å². The fraction of sp³-hybridized carbons (Fsp3) is 0.333. The van der Waals surface area contributed by atoms with E-state index in [1.54, 1.807) is 12.1 Å². The molecule has 1 saturated heterocycles. The maximum atomic E-state index is 13.3. The van der Waals surface area contributed by atoms with Crippen molar-refractivity contribution < 1.29 is 9.90 Å². The molecule has 33 heavy (non-hydrogen) atoms. The molecule has 170 valence electrons. The van der Waals surface area contributed by atoms with Gasteiger partial charge in [-0.2, -0.15) is 5.26 Å². The third kappa shape index (κ3) is 5.00. The Balaban J connectivity index is 1.50. The Morgan fingerprint density at radius 1 is 1.15 bits per heavy atom. The maximum absolute atomic E-state index is 13.3. The number of carbonyl (C=O) groups excluding carboxylic acids is 1. The van der Waals surface area contributed by atoms with Gasteiger partial charge in [-0.05, 0) is 62.7 Å². The van der Waals surface area contributed by atoms with Crippen LogP contribution in [0.5, 0.6) is 0 Å². The lowest BCUT2D eigenvalue weighted by Gasteiger charge is -2.38. The summed E-state index contributed by atoms with van der Waals surface area (Å²) in [6, 6.07) is 21.6. The van der Waals surface area contributed by atoms with Crippen LogP contribution in [0.4, 0.5) is 0 Å². The Morgan fingerprint density at radius 3 is 2.55 bits per heavy atom. The molecule has 0 saturated carbocycles. The van der Waals surface area contributed by atoms with Crippen molar-refractivity contribution in [2.75, 3.05) is 19.7 Å². The van der Waals surface area contributed by atoms with Crippen LogP contribution in [-0.4, -0.2) is 46.2 Å². The van der Waals surface area contributed by atoms with Crippen molar-refractivity contribution in [3.63, 3.8) is 0 Å². The van der Waals surface area contributed by atoms with E-state index in [9.17, 15) is 9.90 Å². The van der Waals surface area contributed by atoms with Crippen LogP contribution in [0.3, 0.4) is 0 Å². The van der Waals surface area contributed by atoms with E-state index in [2.05, 4.69) is 28.4 Å². The number of aliphatic hydroxyl groups excluding tert-OH is 1. The van der Waals surface area contributed by atoms with Crippen LogP contribution in [0.15, 0.2) is 60.7 Å². The van der Waals surface area contributed by atoms with Gasteiger partial charge in [-0.3, -0.25) is 9.69 Å². The molecule has 0 aliphatic carbocycles. The predicted octanol–water partition coefficient (Wildman–Crippen LogP) is 3.58. The first kappa shape index (κ1) is 22.8. The van der Waals surface area contributed by atoms with Crippen molar-refractivity contribution in [3.8, 4) is 11.8 Å². The number of aryl methyl sites for hydroxylation is 1. The van der Waals surface area contributed by atoms with Gasteiger partial charge in [-0.15, -0.1) is 0 Å². The van der Waals surface area contributed by atoms with Crippen molar-refractivity contribution in [3.05, 3.63) is 88.7 Å². The molecule has 1 aliphatic rings. The SMILES string of the molecule is Cc1cc(C(=O)NC2CN(Cc3ccccc3)CCC2CO)c(C)n1-c1ccc(C#N)cc1. The van der Waals surface area contributed by atoms with Crippen molar-refractivity contribution >= 4 is 5.91 Å². The average molecular weight is 443 g/mol. The molecule has 1 aromatic heterocycles. The largest absolute Gasteiger partial charge is 0.396 e. The molecule has 0 bridgehead atoms. The second-order valence-electron chi connectivity index (χ2n) is 8.81. The van der Waals surface area contributed by atoms with Crippen LogP contribution < -0.4 is 5.32 Å². The first-order chi connectivity index (χ1) is 16.0. The lowest BCUT2D eigenvalue weighted by molar-refractivity contribution is 0.0730. The lowest BCUT2D eigenvalue weighted by atomic mass is 9.91. The third-order valence-electron chi connectivity index (χ3n) is 6.57. The number of nitriles is 1. The van der Waals surface area contributed by atoms with Gasteiger partial charge in [-0.1, -0.05) is 30.3 Å². The summed E-state index contributed by atoms with van der Waals surface area (Å²) < 4.78 is 2.03. The van der Waals surface area contributed by atoms with E-state index in [1.807, 2.05) is 54.8 Å². The number of nitrogens with one attached hydrogen (secondary N) is 1. The van der Waals surface area contributed by atoms with Gasteiger partial charge in [0, 0.05) is 48.7 Å². The zero-order valence-corrected chi connectivity index (χ0v) is 19.2. The summed E-state index contributed by atoms with van der Waals surface area (Å²) in [4.78, 5) is 15.6. The molecule has 2 atom stereocenters. The molecule has 2 aromatic carbocycles. The minimum atomic E-state index is -0.118. The number of aromatic nitrogens is 1. The second-order valence-corrected chi connectivity index (χ2v) is 8.81. The van der Waals surface area contributed by atoms with Crippen LogP contribution in [0.2, 0.25) is 0 Å². The molecule has 0 spiro atoms. The van der Waals surface area contributed by atoms with Gasteiger partial charge in [0.05, 0.1) is 17.2 Å². The number of benzene rings is 2. The monoisotopic (exact) mass is 442 g/mol. The Kier molecular flexibility index (Phi) is 6.93. The Hall–Kier alpha value is -3.40. The highest BCUT2D eigenvalue weighted by Gasteiger charge is 2.31. The van der Waals surface area contributed by atoms with Gasteiger partial charge < -0.3 is 15.0 Å². The number of nitrogens with zero attached hydrogens (tertiary/aromatic N) is 3. The van der Waals surface area contributed by atoms with E-state index in [1.165, 1.54) is 5.56 Å². The molecule has 2 unspecified atom stereocenters. The molecule has 0 radical (unpaired) electrons. The molecular weight excluding hydrogens is 412 g/mol. The number of amides is 1. The quantitative estimate of drug-likeness (QED) is 0.611. The maximum Gasteiger partial charge on any atom is 0.253 e. The van der Waals surface area contributed by atoms with Crippen LogP contribution >= 0.6 is 0 Å². The van der Waals surface area contributed by atoms with Gasteiger partial charge >= 0.3 is 0 Å². The number of hydrogen-bond acceptors (Lipinski definition) is 4. The summed E-state index contributed by atoms with van der Waals surface area (Å²) in [5.74, 6) is -0.0732. The molecule has 1 amide bonds. The number of hydrogen-bond donors (Lipinski definition) is 2. The average Bonchev–Trinajstić information content (AvgIpc) is 3.14. The minimum Gasteiger partial charge on any atom is -0.396 e. The van der Waals surface area contributed by atoms with E-state index in [4.69, 9.17) is 5.26 Å². The standard InChI is InChI=1S/C27H30N4O2/c1-19-14-25(20(2)31(19)24-10-8-21(15-28)9-11-24)27(33)29-26-17-30(13-12-23(26)18-32)16-22-6-4-3-5-7-22/h3-11,14,23,26,32H,12-13,16-18H2,1-2H3,(H,29,33). The summed E-state index contributed by atoms with van der Waals surface area (Å²) >= 11 is 0. The van der Waals surface area contributed by atoms with E-state index < -0.39 is 0 Å². The normalized spacial score (nSPS) is 18.6. The summed E-state index contributed by atoms with van der Waals surface area (Å²) in [5.41, 5.74) is 5.21. The molecule has 1 fully saturated rings. The summed E-state index contributed by atoms with van der Waals surface area (Å²) in [6.45, 7) is 6.42. The number of likely N-dealkylation sites (tertiary alicyclic amines) is 1. The smallest absolute Gasteiger partial charge is 0.253 e. The number of rotatable bonds is 6. The molecule has 6 heteroatoms. The summed E-state index contributed by atoms with van der Waals surface area (Å²) in [6.07, 6.45) is 0.846. The molecule has 4 rings (SSSR count). The fourth-order valence-electron chi connectivity index (χ4n) is 4.76. The Labute approximate surface area is 195 Å². The Bertz CT molecular complexity index is 1150. The van der Waals surface area contributed by atoms with Gasteiger partial charge in [0.25, 0.3) is 5.91 Å². The van der Waals surface area contributed by atoms with Crippen molar-refractivity contribution in [1.82, 2.24) is 14.8 Å². The Morgan fingerprint density at radius 2 is 1.88 bits per heavy atom. The highest BCUT2D eigenvalue weighted by Crippen LogP contribution is 2.23. The molecule has 2 heterocycles. The van der Waals surface area contributed by atoms with E-state index in [0.29, 0.717) is 17.7 Å². The number of aliphatic hydroxyl groups is 1. The fourth-order valence-corrected chi connectivity index (χ4v) is 4.76. The summed E-state index contributed by atoms with van der Waals surface area (Å²) in [5, 5.41) is 22.2. The van der Waals surface area contributed by atoms with Crippen LogP contribution in [0.25, 0.3) is 5.69 Å². The molecule has 6 nitrogen and oxygen atoms in total. The minimum absolute atomic E-state index is 0.0444. The highest BCUT2D eigenvalue weighted by atomic mass is 16.3. The van der Waals surface area contributed by atoms with Crippen LogP contribution in [0, 0.1) is 31.1 Å². The zero-order valence-electron chi connectivity index (χ0n) is 19.2. The molecule has 1 aliphatic heterocycles. The number of piperidine rings is 1. The van der Waals surface area contributed by atoms with Gasteiger partial charge in [0.1, 0.15) is 0 Å². The van der Waals surface area contributed by atoms with Crippen molar-refractivity contribution in [2.45, 2.75) is 32.9 Å². The first-order valence-electron chi connectivity index (χ1n) is 11.4. The topological polar surface area (TPSA) is 81.3 Å². The molecular formula is C27H30N4O2.